The molecule has 1 aliphatic rings. The highest BCUT2D eigenvalue weighted by molar-refractivity contribution is 14.1. The molecule has 1 aliphatic heterocycles. The van der Waals surface area contributed by atoms with Gasteiger partial charge in [0, 0.05) is 4.43 Å². The molecule has 2 nitrogen and oxygen atoms in total. The average molecular weight is 292 g/mol. The SMILES string of the molecule is CC1(C(F)F)COCC(CI)O1. The van der Waals surface area contributed by atoms with Gasteiger partial charge in [-0.2, -0.15) is 0 Å². The quantitative estimate of drug-likeness (QED) is 0.571. The number of ether oxygens (including phenoxy) is 2. The van der Waals surface area contributed by atoms with E-state index in [1.807, 2.05) is 0 Å². The van der Waals surface area contributed by atoms with Crippen LogP contribution in [0.25, 0.3) is 0 Å². The fourth-order valence-corrected chi connectivity index (χ4v) is 1.47. The highest BCUT2D eigenvalue weighted by atomic mass is 127. The Morgan fingerprint density at radius 2 is 2.33 bits per heavy atom. The van der Waals surface area contributed by atoms with Gasteiger partial charge in [-0.3, -0.25) is 0 Å². The second-order valence-corrected chi connectivity index (χ2v) is 3.90. The first-order valence-electron chi connectivity index (χ1n) is 3.68. The Morgan fingerprint density at radius 1 is 1.67 bits per heavy atom. The Bertz CT molecular complexity index is 156. The molecule has 0 amide bonds. The summed E-state index contributed by atoms with van der Waals surface area (Å²) in [6.07, 6.45) is -2.68. The Balaban J connectivity index is 2.54. The topological polar surface area (TPSA) is 18.5 Å². The van der Waals surface area contributed by atoms with Crippen LogP contribution >= 0.6 is 22.6 Å². The molecular weight excluding hydrogens is 281 g/mol. The van der Waals surface area contributed by atoms with Gasteiger partial charge >= 0.3 is 0 Å². The van der Waals surface area contributed by atoms with Gasteiger partial charge in [0.2, 0.25) is 0 Å². The molecule has 1 rings (SSSR count). The van der Waals surface area contributed by atoms with E-state index in [9.17, 15) is 8.78 Å². The van der Waals surface area contributed by atoms with Gasteiger partial charge < -0.3 is 9.47 Å². The van der Waals surface area contributed by atoms with Gasteiger partial charge in [-0.05, 0) is 6.92 Å². The van der Waals surface area contributed by atoms with Crippen molar-refractivity contribution in [2.24, 2.45) is 0 Å². The lowest BCUT2D eigenvalue weighted by Gasteiger charge is -2.37. The first-order valence-corrected chi connectivity index (χ1v) is 5.21. The molecule has 0 N–H and O–H groups in total. The van der Waals surface area contributed by atoms with Crippen LogP contribution in [0.3, 0.4) is 0 Å². The summed E-state index contributed by atoms with van der Waals surface area (Å²) in [6, 6.07) is 0. The summed E-state index contributed by atoms with van der Waals surface area (Å²) in [6.45, 7) is 1.79. The summed E-state index contributed by atoms with van der Waals surface area (Å²) < 4.78 is 35.7. The lowest BCUT2D eigenvalue weighted by atomic mass is 10.1. The standard InChI is InChI=1S/C7H11F2IO2/c1-7(6(8)9)4-11-3-5(2-10)12-7/h5-6H,2-4H2,1H3. The predicted molar refractivity (Wildman–Crippen MR) is 49.0 cm³/mol. The van der Waals surface area contributed by atoms with Gasteiger partial charge in [-0.25, -0.2) is 8.78 Å². The highest BCUT2D eigenvalue weighted by Gasteiger charge is 2.41. The second kappa shape index (κ2) is 4.15. The smallest absolute Gasteiger partial charge is 0.269 e. The van der Waals surface area contributed by atoms with Crippen molar-refractivity contribution in [3.63, 3.8) is 0 Å². The fourth-order valence-electron chi connectivity index (χ4n) is 1.03. The number of halogens is 3. The summed E-state index contributed by atoms with van der Waals surface area (Å²) in [4.78, 5) is 0. The number of hydrogen-bond acceptors (Lipinski definition) is 2. The first-order chi connectivity index (χ1) is 5.58. The summed E-state index contributed by atoms with van der Waals surface area (Å²) in [5.41, 5.74) is -1.41. The van der Waals surface area contributed by atoms with E-state index in [0.717, 1.165) is 0 Å². The lowest BCUT2D eigenvalue weighted by Crippen LogP contribution is -2.50. The third-order valence-electron chi connectivity index (χ3n) is 1.76. The molecule has 0 aromatic carbocycles. The number of hydrogen-bond donors (Lipinski definition) is 0. The van der Waals surface area contributed by atoms with E-state index >= 15 is 0 Å². The molecule has 0 aromatic heterocycles. The van der Waals surface area contributed by atoms with Crippen molar-refractivity contribution >= 4 is 22.6 Å². The average Bonchev–Trinajstić information content (AvgIpc) is 2.04. The van der Waals surface area contributed by atoms with Crippen LogP contribution in [0.5, 0.6) is 0 Å². The first kappa shape index (κ1) is 10.6. The van der Waals surface area contributed by atoms with Crippen molar-refractivity contribution in [2.75, 3.05) is 17.6 Å². The molecule has 2 atom stereocenters. The Labute approximate surface area is 83.7 Å². The van der Waals surface area contributed by atoms with Crippen LogP contribution in [-0.4, -0.2) is 35.8 Å². The van der Waals surface area contributed by atoms with Crippen LogP contribution in [0.1, 0.15) is 6.92 Å². The van der Waals surface area contributed by atoms with Crippen LogP contribution in [0, 0.1) is 0 Å². The molecule has 0 aliphatic carbocycles. The molecule has 1 fully saturated rings. The summed E-state index contributed by atoms with van der Waals surface area (Å²) in [5.74, 6) is 0. The minimum absolute atomic E-state index is 0.0161. The molecule has 1 heterocycles. The van der Waals surface area contributed by atoms with Gasteiger partial charge in [-0.15, -0.1) is 0 Å². The van der Waals surface area contributed by atoms with Crippen molar-refractivity contribution in [3.8, 4) is 0 Å². The van der Waals surface area contributed by atoms with Crippen LogP contribution in [0.4, 0.5) is 8.78 Å². The highest BCUT2D eigenvalue weighted by Crippen LogP contribution is 2.26. The Kier molecular flexibility index (Phi) is 3.66. The second-order valence-electron chi connectivity index (χ2n) is 3.02. The van der Waals surface area contributed by atoms with Crippen molar-refractivity contribution in [3.05, 3.63) is 0 Å². The van der Waals surface area contributed by atoms with Gasteiger partial charge in [0.05, 0.1) is 19.3 Å². The maximum absolute atomic E-state index is 12.4. The maximum atomic E-state index is 12.4. The molecule has 5 heteroatoms. The molecule has 72 valence electrons. The van der Waals surface area contributed by atoms with E-state index in [1.165, 1.54) is 6.92 Å². The van der Waals surface area contributed by atoms with Gasteiger partial charge in [0.1, 0.15) is 5.60 Å². The monoisotopic (exact) mass is 292 g/mol. The molecule has 0 saturated carbocycles. The zero-order chi connectivity index (χ0) is 9.19. The van der Waals surface area contributed by atoms with Crippen LogP contribution in [0.15, 0.2) is 0 Å². The summed E-state index contributed by atoms with van der Waals surface area (Å²) in [5, 5.41) is 0. The van der Waals surface area contributed by atoms with E-state index in [0.29, 0.717) is 11.0 Å². The molecule has 0 radical (unpaired) electrons. The number of rotatable bonds is 2. The largest absolute Gasteiger partial charge is 0.376 e. The maximum Gasteiger partial charge on any atom is 0.269 e. The third kappa shape index (κ3) is 2.26. The fraction of sp³-hybridized carbons (Fsp3) is 1.00. The van der Waals surface area contributed by atoms with E-state index in [4.69, 9.17) is 9.47 Å². The molecule has 0 bridgehead atoms. The molecule has 2 unspecified atom stereocenters. The lowest BCUT2D eigenvalue weighted by molar-refractivity contribution is -0.230. The zero-order valence-corrected chi connectivity index (χ0v) is 8.88. The molecule has 0 spiro atoms. The Morgan fingerprint density at radius 3 is 2.83 bits per heavy atom. The van der Waals surface area contributed by atoms with E-state index in [1.54, 1.807) is 0 Å². The van der Waals surface area contributed by atoms with Gasteiger partial charge in [0.15, 0.2) is 0 Å². The minimum atomic E-state index is -2.48. The number of alkyl halides is 3. The Hall–Kier alpha value is 0.510. The molecule has 12 heavy (non-hydrogen) atoms. The van der Waals surface area contributed by atoms with Gasteiger partial charge in [-0.1, -0.05) is 22.6 Å². The van der Waals surface area contributed by atoms with Crippen LogP contribution < -0.4 is 0 Å². The van der Waals surface area contributed by atoms with E-state index < -0.39 is 12.0 Å². The molecule has 1 saturated heterocycles. The molecule has 0 aromatic rings. The van der Waals surface area contributed by atoms with Crippen molar-refractivity contribution in [1.29, 1.82) is 0 Å². The van der Waals surface area contributed by atoms with Crippen LogP contribution in [-0.2, 0) is 9.47 Å². The van der Waals surface area contributed by atoms with Gasteiger partial charge in [0.25, 0.3) is 6.43 Å². The predicted octanol–water partition coefficient (Wildman–Crippen LogP) is 1.86. The summed E-state index contributed by atoms with van der Waals surface area (Å²) >= 11 is 2.10. The van der Waals surface area contributed by atoms with Crippen molar-refractivity contribution < 1.29 is 18.3 Å². The van der Waals surface area contributed by atoms with Crippen molar-refractivity contribution in [1.82, 2.24) is 0 Å². The molecular formula is C7H11F2IO2. The van der Waals surface area contributed by atoms with E-state index in [2.05, 4.69) is 22.6 Å². The minimum Gasteiger partial charge on any atom is -0.376 e. The zero-order valence-electron chi connectivity index (χ0n) is 6.73. The summed E-state index contributed by atoms with van der Waals surface area (Å²) in [7, 11) is 0. The normalized spacial score (nSPS) is 37.2. The van der Waals surface area contributed by atoms with E-state index in [-0.39, 0.29) is 12.7 Å². The third-order valence-corrected chi connectivity index (χ3v) is 2.74. The van der Waals surface area contributed by atoms with Crippen LogP contribution in [0.2, 0.25) is 0 Å². The van der Waals surface area contributed by atoms with Crippen molar-refractivity contribution in [2.45, 2.75) is 25.1 Å².